The lowest BCUT2D eigenvalue weighted by Crippen LogP contribution is -2.30. The second-order valence-electron chi connectivity index (χ2n) is 8.17. The number of piperidine rings is 1. The summed E-state index contributed by atoms with van der Waals surface area (Å²) in [5.74, 6) is 0.170. The summed E-state index contributed by atoms with van der Waals surface area (Å²) in [5, 5.41) is 11.3. The lowest BCUT2D eigenvalue weighted by Gasteiger charge is -2.26. The molecule has 2 heterocycles. The summed E-state index contributed by atoms with van der Waals surface area (Å²) >= 11 is 0. The molecule has 4 heteroatoms. The monoisotopic (exact) mass is 389 g/mol. The van der Waals surface area contributed by atoms with Gasteiger partial charge in [0.25, 0.3) is 0 Å². The van der Waals surface area contributed by atoms with Gasteiger partial charge in [0.05, 0.1) is 11.3 Å². The molecule has 2 aromatic carbocycles. The van der Waals surface area contributed by atoms with E-state index in [-0.39, 0.29) is 5.88 Å². The number of H-pyrrole nitrogens is 1. The van der Waals surface area contributed by atoms with Crippen LogP contribution in [0.1, 0.15) is 48.8 Å². The van der Waals surface area contributed by atoms with Crippen LogP contribution in [0, 0.1) is 6.92 Å². The van der Waals surface area contributed by atoms with E-state index < -0.39 is 0 Å². The van der Waals surface area contributed by atoms with Crippen molar-refractivity contribution in [2.45, 2.75) is 45.4 Å². The predicted molar refractivity (Wildman–Crippen MR) is 122 cm³/mol. The van der Waals surface area contributed by atoms with Gasteiger partial charge < -0.3 is 15.0 Å². The number of aromatic hydroxyl groups is 1. The van der Waals surface area contributed by atoms with Gasteiger partial charge in [-0.1, -0.05) is 30.7 Å². The zero-order chi connectivity index (χ0) is 20.1. The van der Waals surface area contributed by atoms with E-state index in [1.54, 1.807) is 6.21 Å². The molecule has 0 saturated carbocycles. The highest BCUT2D eigenvalue weighted by molar-refractivity contribution is 6.04. The largest absolute Gasteiger partial charge is 0.494 e. The fourth-order valence-corrected chi connectivity index (χ4v) is 4.30. The second kappa shape index (κ2) is 9.27. The van der Waals surface area contributed by atoms with Crippen molar-refractivity contribution in [2.75, 3.05) is 19.6 Å². The number of aromatic amines is 1. The second-order valence-corrected chi connectivity index (χ2v) is 8.17. The van der Waals surface area contributed by atoms with E-state index >= 15 is 0 Å². The molecule has 0 aliphatic carbocycles. The third-order valence-electron chi connectivity index (χ3n) is 5.97. The first-order valence-corrected chi connectivity index (χ1v) is 10.9. The first kappa shape index (κ1) is 19.7. The van der Waals surface area contributed by atoms with Crippen LogP contribution in [0.2, 0.25) is 0 Å². The normalized spacial score (nSPS) is 15.5. The Hall–Kier alpha value is -2.59. The standard InChI is InChI=1S/C25H31N3O/c1-19-8-7-10-23-24(19)22(25(29)27-23)18-26-21-13-11-20(12-14-21)9-3-6-17-28-15-4-2-5-16-28/h7-8,10-14,18,27,29H,2-6,9,15-17H2,1H3. The summed E-state index contributed by atoms with van der Waals surface area (Å²) in [7, 11) is 0. The molecule has 0 bridgehead atoms. The van der Waals surface area contributed by atoms with Crippen LogP contribution < -0.4 is 0 Å². The van der Waals surface area contributed by atoms with Gasteiger partial charge in [-0.15, -0.1) is 0 Å². The molecule has 0 atom stereocenters. The Morgan fingerprint density at radius 1 is 1.03 bits per heavy atom. The van der Waals surface area contributed by atoms with Crippen LogP contribution in [0.4, 0.5) is 5.69 Å². The summed E-state index contributed by atoms with van der Waals surface area (Å²) in [6.07, 6.45) is 9.55. The average molecular weight is 390 g/mol. The molecule has 2 N–H and O–H groups in total. The highest BCUT2D eigenvalue weighted by atomic mass is 16.3. The molecule has 4 nitrogen and oxygen atoms in total. The number of nitrogens with one attached hydrogen (secondary N) is 1. The van der Waals surface area contributed by atoms with E-state index in [2.05, 4.69) is 39.1 Å². The highest BCUT2D eigenvalue weighted by Crippen LogP contribution is 2.29. The van der Waals surface area contributed by atoms with E-state index in [0.29, 0.717) is 0 Å². The summed E-state index contributed by atoms with van der Waals surface area (Å²) in [4.78, 5) is 10.2. The van der Waals surface area contributed by atoms with Crippen LogP contribution in [-0.2, 0) is 6.42 Å². The molecule has 0 radical (unpaired) electrons. The molecule has 0 unspecified atom stereocenters. The predicted octanol–water partition coefficient (Wildman–Crippen LogP) is 5.74. The maximum atomic E-state index is 10.2. The number of rotatable bonds is 7. The first-order chi connectivity index (χ1) is 14.2. The van der Waals surface area contributed by atoms with Crippen LogP contribution in [0.15, 0.2) is 47.5 Å². The zero-order valence-corrected chi connectivity index (χ0v) is 17.3. The molecule has 0 amide bonds. The minimum Gasteiger partial charge on any atom is -0.494 e. The Bertz CT molecular complexity index is 966. The maximum absolute atomic E-state index is 10.2. The van der Waals surface area contributed by atoms with E-state index in [9.17, 15) is 5.11 Å². The number of aliphatic imine (C=N–C) groups is 1. The number of hydrogen-bond acceptors (Lipinski definition) is 3. The number of benzene rings is 2. The van der Waals surface area contributed by atoms with Gasteiger partial charge in [0.15, 0.2) is 5.88 Å². The Balaban J connectivity index is 1.33. The Kier molecular flexibility index (Phi) is 6.30. The zero-order valence-electron chi connectivity index (χ0n) is 17.3. The van der Waals surface area contributed by atoms with Crippen molar-refractivity contribution in [1.82, 2.24) is 9.88 Å². The van der Waals surface area contributed by atoms with E-state index in [0.717, 1.165) is 34.1 Å². The van der Waals surface area contributed by atoms with Gasteiger partial charge in [0, 0.05) is 17.1 Å². The van der Waals surface area contributed by atoms with Gasteiger partial charge in [-0.3, -0.25) is 4.99 Å². The lowest BCUT2D eigenvalue weighted by atomic mass is 10.1. The third-order valence-corrected chi connectivity index (χ3v) is 5.97. The lowest BCUT2D eigenvalue weighted by molar-refractivity contribution is 0.225. The molecule has 1 aliphatic heterocycles. The van der Waals surface area contributed by atoms with Crippen molar-refractivity contribution in [3.8, 4) is 5.88 Å². The van der Waals surface area contributed by atoms with Crippen molar-refractivity contribution in [3.05, 3.63) is 59.2 Å². The summed E-state index contributed by atoms with van der Waals surface area (Å²) < 4.78 is 0. The van der Waals surface area contributed by atoms with Crippen molar-refractivity contribution in [2.24, 2.45) is 4.99 Å². The van der Waals surface area contributed by atoms with Gasteiger partial charge in [-0.05, 0) is 88.0 Å². The van der Waals surface area contributed by atoms with Crippen LogP contribution in [0.25, 0.3) is 10.9 Å². The summed E-state index contributed by atoms with van der Waals surface area (Å²) in [5.41, 5.74) is 5.09. The van der Waals surface area contributed by atoms with Crippen molar-refractivity contribution in [1.29, 1.82) is 0 Å². The molecule has 1 aliphatic rings. The van der Waals surface area contributed by atoms with E-state index in [1.807, 2.05) is 25.1 Å². The number of unbranched alkanes of at least 4 members (excludes halogenated alkanes) is 1. The number of likely N-dealkylation sites (tertiary alicyclic amines) is 1. The Morgan fingerprint density at radius 2 is 1.83 bits per heavy atom. The molecular weight excluding hydrogens is 358 g/mol. The molecular formula is C25H31N3O. The molecule has 29 heavy (non-hydrogen) atoms. The molecule has 152 valence electrons. The number of hydrogen-bond donors (Lipinski definition) is 2. The smallest absolute Gasteiger partial charge is 0.198 e. The van der Waals surface area contributed by atoms with E-state index in [4.69, 9.17) is 0 Å². The molecule has 0 spiro atoms. The maximum Gasteiger partial charge on any atom is 0.198 e. The topological polar surface area (TPSA) is 51.6 Å². The Morgan fingerprint density at radius 3 is 2.62 bits per heavy atom. The van der Waals surface area contributed by atoms with Crippen LogP contribution in [-0.4, -0.2) is 40.8 Å². The molecule has 1 saturated heterocycles. The molecule has 1 aromatic heterocycles. The summed E-state index contributed by atoms with van der Waals surface area (Å²) in [6.45, 7) is 5.87. The minimum atomic E-state index is 0.170. The molecule has 4 rings (SSSR count). The molecule has 3 aromatic rings. The fraction of sp³-hybridized carbons (Fsp3) is 0.400. The number of aromatic nitrogens is 1. The average Bonchev–Trinajstić information content (AvgIpc) is 3.07. The fourth-order valence-electron chi connectivity index (χ4n) is 4.30. The van der Waals surface area contributed by atoms with Crippen molar-refractivity contribution < 1.29 is 5.11 Å². The first-order valence-electron chi connectivity index (χ1n) is 10.9. The molecule has 1 fully saturated rings. The van der Waals surface area contributed by atoms with Gasteiger partial charge in [0.1, 0.15) is 0 Å². The number of aryl methyl sites for hydroxylation is 2. The van der Waals surface area contributed by atoms with Gasteiger partial charge in [0.2, 0.25) is 0 Å². The summed E-state index contributed by atoms with van der Waals surface area (Å²) in [6, 6.07) is 14.5. The number of nitrogens with zero attached hydrogens (tertiary/aromatic N) is 2. The van der Waals surface area contributed by atoms with E-state index in [1.165, 1.54) is 57.3 Å². The number of fused-ring (bicyclic) bond motifs is 1. The Labute approximate surface area is 173 Å². The van der Waals surface area contributed by atoms with Gasteiger partial charge in [-0.2, -0.15) is 0 Å². The van der Waals surface area contributed by atoms with Crippen LogP contribution in [0.5, 0.6) is 5.88 Å². The highest BCUT2D eigenvalue weighted by Gasteiger charge is 2.11. The van der Waals surface area contributed by atoms with Crippen molar-refractivity contribution in [3.63, 3.8) is 0 Å². The quantitative estimate of drug-likeness (QED) is 0.400. The minimum absolute atomic E-state index is 0.170. The van der Waals surface area contributed by atoms with Crippen molar-refractivity contribution >= 4 is 22.8 Å². The van der Waals surface area contributed by atoms with Gasteiger partial charge >= 0.3 is 0 Å². The van der Waals surface area contributed by atoms with Gasteiger partial charge in [-0.25, -0.2) is 0 Å². The van der Waals surface area contributed by atoms with Crippen LogP contribution >= 0.6 is 0 Å². The SMILES string of the molecule is Cc1cccc2[nH]c(O)c(C=Nc3ccc(CCCCN4CCCCC4)cc3)c12. The third kappa shape index (κ3) is 4.88. The van der Waals surface area contributed by atoms with Crippen LogP contribution in [0.3, 0.4) is 0 Å².